The lowest BCUT2D eigenvalue weighted by Crippen LogP contribution is -2.46. The number of amides is 1. The summed E-state index contributed by atoms with van der Waals surface area (Å²) in [6, 6.07) is 5.49. The Kier molecular flexibility index (Phi) is 8.40. The van der Waals surface area contributed by atoms with Crippen LogP contribution < -0.4 is 9.47 Å². The van der Waals surface area contributed by atoms with Crippen LogP contribution in [0.4, 0.5) is 0 Å². The van der Waals surface area contributed by atoms with Gasteiger partial charge in [-0.1, -0.05) is 46.6 Å². The molecular formula is C25H38N2O5. The van der Waals surface area contributed by atoms with Crippen LogP contribution in [0.3, 0.4) is 0 Å². The predicted molar refractivity (Wildman–Crippen MR) is 123 cm³/mol. The molecule has 0 saturated carbocycles. The molecule has 0 aliphatic carbocycles. The number of carbonyl (C=O) groups is 2. The molecule has 3 atom stereocenters. The van der Waals surface area contributed by atoms with Crippen molar-refractivity contribution < 1.29 is 24.2 Å². The average molecular weight is 447 g/mol. The molecule has 32 heavy (non-hydrogen) atoms. The fraction of sp³-hybridized carbons (Fsp3) is 0.680. The number of aliphatic carboxylic acids is 1. The molecule has 2 aliphatic heterocycles. The zero-order chi connectivity index (χ0) is 23.3. The van der Waals surface area contributed by atoms with Gasteiger partial charge in [0.15, 0.2) is 11.5 Å². The Morgan fingerprint density at radius 1 is 1.12 bits per heavy atom. The van der Waals surface area contributed by atoms with E-state index in [0.717, 1.165) is 44.3 Å². The normalized spacial score (nSPS) is 22.5. The summed E-state index contributed by atoms with van der Waals surface area (Å²) in [6.45, 7) is 10.9. The topological polar surface area (TPSA) is 79.3 Å². The van der Waals surface area contributed by atoms with Crippen LogP contribution in [0.25, 0.3) is 0 Å². The Bertz CT molecular complexity index is 789. The highest BCUT2D eigenvalue weighted by Crippen LogP contribution is 2.43. The summed E-state index contributed by atoms with van der Waals surface area (Å²) in [5.41, 5.74) is 0.927. The molecule has 7 nitrogen and oxygen atoms in total. The van der Waals surface area contributed by atoms with E-state index in [-0.39, 0.29) is 37.1 Å². The van der Waals surface area contributed by atoms with Gasteiger partial charge < -0.3 is 19.5 Å². The maximum Gasteiger partial charge on any atom is 0.308 e. The molecule has 2 aliphatic rings. The zero-order valence-electron chi connectivity index (χ0n) is 19.9. The van der Waals surface area contributed by atoms with Gasteiger partial charge in [-0.05, 0) is 36.5 Å². The van der Waals surface area contributed by atoms with Crippen molar-refractivity contribution in [1.82, 2.24) is 9.80 Å². The number of carboxylic acid groups (broad SMARTS) is 1. The van der Waals surface area contributed by atoms with Crippen molar-refractivity contribution in [2.24, 2.45) is 11.8 Å². The molecule has 7 heteroatoms. The van der Waals surface area contributed by atoms with Gasteiger partial charge in [-0.3, -0.25) is 14.5 Å². The van der Waals surface area contributed by atoms with Crippen LogP contribution in [0.1, 0.15) is 64.9 Å². The van der Waals surface area contributed by atoms with E-state index in [9.17, 15) is 14.7 Å². The van der Waals surface area contributed by atoms with Crippen molar-refractivity contribution in [2.45, 2.75) is 65.3 Å². The van der Waals surface area contributed by atoms with Gasteiger partial charge in [-0.2, -0.15) is 0 Å². The molecule has 1 N–H and O–H groups in total. The smallest absolute Gasteiger partial charge is 0.308 e. The standard InChI is InChI=1S/C25H38N2O5/c1-5-7-11-26(12-8-6-2)22(28)15-27-14-19(23(25(29)30)24(27)17(3)4)18-9-10-20-21(13-18)32-16-31-20/h9-10,13,17,19,23-24H,5-8,11-12,14-16H2,1-4H3,(H,29,30)/t19?,23-,24+/m0/s1. The minimum atomic E-state index is -0.810. The van der Waals surface area contributed by atoms with Gasteiger partial charge in [0.25, 0.3) is 0 Å². The highest BCUT2D eigenvalue weighted by molar-refractivity contribution is 5.79. The number of fused-ring (bicyclic) bond motifs is 1. The van der Waals surface area contributed by atoms with Gasteiger partial charge >= 0.3 is 5.97 Å². The Balaban J connectivity index is 1.83. The zero-order valence-corrected chi connectivity index (χ0v) is 19.9. The first-order valence-electron chi connectivity index (χ1n) is 12.0. The van der Waals surface area contributed by atoms with Crippen LogP contribution in [0.15, 0.2) is 18.2 Å². The van der Waals surface area contributed by atoms with Crippen molar-refractivity contribution in [3.63, 3.8) is 0 Å². The number of rotatable bonds is 11. The Hall–Kier alpha value is -2.28. The Morgan fingerprint density at radius 2 is 1.78 bits per heavy atom. The third-order valence-corrected chi connectivity index (χ3v) is 6.70. The number of hydrogen-bond acceptors (Lipinski definition) is 5. The third kappa shape index (κ3) is 5.37. The van der Waals surface area contributed by atoms with Crippen LogP contribution in [0.2, 0.25) is 0 Å². The number of hydrogen-bond donors (Lipinski definition) is 1. The molecule has 1 unspecified atom stereocenters. The van der Waals surface area contributed by atoms with Crippen LogP contribution in [-0.4, -0.2) is 65.8 Å². The van der Waals surface area contributed by atoms with Crippen LogP contribution in [0, 0.1) is 11.8 Å². The first kappa shape index (κ1) is 24.4. The van der Waals surface area contributed by atoms with E-state index in [1.54, 1.807) is 0 Å². The molecule has 1 saturated heterocycles. The number of carbonyl (C=O) groups excluding carboxylic acids is 1. The summed E-state index contributed by atoms with van der Waals surface area (Å²) in [6.07, 6.45) is 4.06. The van der Waals surface area contributed by atoms with Crippen molar-refractivity contribution in [3.05, 3.63) is 23.8 Å². The quantitative estimate of drug-likeness (QED) is 0.554. The number of likely N-dealkylation sites (tertiary alicyclic amines) is 1. The molecular weight excluding hydrogens is 408 g/mol. The molecule has 1 fully saturated rings. The molecule has 2 heterocycles. The van der Waals surface area contributed by atoms with Crippen molar-refractivity contribution in [3.8, 4) is 11.5 Å². The summed E-state index contributed by atoms with van der Waals surface area (Å²) in [5, 5.41) is 10.2. The van der Waals surface area contributed by atoms with Gasteiger partial charge in [-0.15, -0.1) is 0 Å². The second-order valence-electron chi connectivity index (χ2n) is 9.34. The lowest BCUT2D eigenvalue weighted by atomic mass is 9.81. The number of ether oxygens (including phenoxy) is 2. The molecule has 0 spiro atoms. The molecule has 1 amide bonds. The minimum Gasteiger partial charge on any atom is -0.481 e. The third-order valence-electron chi connectivity index (χ3n) is 6.70. The summed E-state index contributed by atoms with van der Waals surface area (Å²) in [7, 11) is 0. The fourth-order valence-electron chi connectivity index (χ4n) is 5.07. The lowest BCUT2D eigenvalue weighted by molar-refractivity contribution is -0.144. The maximum absolute atomic E-state index is 13.3. The van der Waals surface area contributed by atoms with E-state index in [4.69, 9.17) is 9.47 Å². The van der Waals surface area contributed by atoms with Crippen molar-refractivity contribution in [2.75, 3.05) is 33.0 Å². The molecule has 1 aromatic rings. The molecule has 178 valence electrons. The molecule has 0 radical (unpaired) electrons. The average Bonchev–Trinajstić information content (AvgIpc) is 3.37. The molecule has 1 aromatic carbocycles. The largest absolute Gasteiger partial charge is 0.481 e. The second-order valence-corrected chi connectivity index (χ2v) is 9.34. The van der Waals surface area contributed by atoms with E-state index in [2.05, 4.69) is 18.7 Å². The number of unbranched alkanes of at least 4 members (excludes halogenated alkanes) is 2. The molecule has 3 rings (SSSR count). The summed E-state index contributed by atoms with van der Waals surface area (Å²) >= 11 is 0. The number of carboxylic acids is 1. The van der Waals surface area contributed by atoms with E-state index < -0.39 is 11.9 Å². The van der Waals surface area contributed by atoms with E-state index in [1.807, 2.05) is 36.9 Å². The maximum atomic E-state index is 13.3. The van der Waals surface area contributed by atoms with Crippen molar-refractivity contribution in [1.29, 1.82) is 0 Å². The number of benzene rings is 1. The first-order chi connectivity index (χ1) is 15.4. The number of nitrogens with zero attached hydrogens (tertiary/aromatic N) is 2. The van der Waals surface area contributed by atoms with Crippen LogP contribution in [-0.2, 0) is 9.59 Å². The second kappa shape index (κ2) is 11.0. The summed E-state index contributed by atoms with van der Waals surface area (Å²) in [5.74, 6) is -0.0308. The highest BCUT2D eigenvalue weighted by Gasteiger charge is 2.48. The van der Waals surface area contributed by atoms with Crippen molar-refractivity contribution >= 4 is 11.9 Å². The first-order valence-corrected chi connectivity index (χ1v) is 12.0. The highest BCUT2D eigenvalue weighted by atomic mass is 16.7. The Morgan fingerprint density at radius 3 is 2.38 bits per heavy atom. The minimum absolute atomic E-state index is 0.105. The van der Waals surface area contributed by atoms with Crippen LogP contribution >= 0.6 is 0 Å². The molecule has 0 aromatic heterocycles. The van der Waals surface area contributed by atoms with Gasteiger partial charge in [0.2, 0.25) is 12.7 Å². The SMILES string of the molecule is CCCCN(CCCC)C(=O)CN1CC(c2ccc3c(c2)OCO3)[C@H](C(=O)O)[C@H]1C(C)C. The van der Waals surface area contributed by atoms with Gasteiger partial charge in [0, 0.05) is 31.6 Å². The van der Waals surface area contributed by atoms with E-state index in [0.29, 0.717) is 18.0 Å². The monoisotopic (exact) mass is 446 g/mol. The Labute approximate surface area is 191 Å². The van der Waals surface area contributed by atoms with Crippen LogP contribution in [0.5, 0.6) is 11.5 Å². The van der Waals surface area contributed by atoms with Gasteiger partial charge in [-0.25, -0.2) is 0 Å². The van der Waals surface area contributed by atoms with Gasteiger partial charge in [0.1, 0.15) is 0 Å². The van der Waals surface area contributed by atoms with E-state index in [1.165, 1.54) is 0 Å². The predicted octanol–water partition coefficient (Wildman–Crippen LogP) is 3.97. The molecule has 0 bridgehead atoms. The lowest BCUT2D eigenvalue weighted by Gasteiger charge is -2.32. The van der Waals surface area contributed by atoms with E-state index >= 15 is 0 Å². The fourth-order valence-corrected chi connectivity index (χ4v) is 5.07. The van der Waals surface area contributed by atoms with Gasteiger partial charge in [0.05, 0.1) is 12.5 Å². The summed E-state index contributed by atoms with van der Waals surface area (Å²) in [4.78, 5) is 29.7. The summed E-state index contributed by atoms with van der Waals surface area (Å²) < 4.78 is 10.9.